The number of amides is 1. The van der Waals surface area contributed by atoms with Gasteiger partial charge in [-0.15, -0.1) is 0 Å². The summed E-state index contributed by atoms with van der Waals surface area (Å²) in [5, 5.41) is 0. The first-order chi connectivity index (χ1) is 30.0. The first-order valence-electron chi connectivity index (χ1n) is 22.1. The number of piperidine rings is 2. The lowest BCUT2D eigenvalue weighted by Gasteiger charge is -2.39. The number of allylic oxidation sites excluding steroid dienone is 2. The van der Waals surface area contributed by atoms with E-state index in [1.165, 1.54) is 6.26 Å². The monoisotopic (exact) mass is 904 g/mol. The summed E-state index contributed by atoms with van der Waals surface area (Å²) in [7, 11) is -7.71. The van der Waals surface area contributed by atoms with Crippen LogP contribution in [0.3, 0.4) is 0 Å². The molecule has 0 N–H and O–H groups in total. The van der Waals surface area contributed by atoms with Crippen LogP contribution in [0.5, 0.6) is 11.5 Å². The van der Waals surface area contributed by atoms with Crippen molar-refractivity contribution in [3.63, 3.8) is 0 Å². The molecule has 3 saturated heterocycles. The Bertz CT molecular complexity index is 2500. The second-order valence-corrected chi connectivity index (χ2v) is 22.7. The molecule has 0 spiro atoms. The van der Waals surface area contributed by atoms with Gasteiger partial charge in [0.2, 0.25) is 0 Å². The molecule has 0 radical (unpaired) electrons. The smallest absolute Gasteiger partial charge is 0.265 e. The highest BCUT2D eigenvalue weighted by atomic mass is 32.2. The number of carbonyl (C=O) groups is 2. The lowest BCUT2D eigenvalue weighted by atomic mass is 9.80. The topological polar surface area (TPSA) is 183 Å². The molecular formula is C46H56N4O11S2. The summed E-state index contributed by atoms with van der Waals surface area (Å²) >= 11 is 0. The van der Waals surface area contributed by atoms with Crippen LogP contribution in [-0.4, -0.2) is 105 Å². The maximum absolute atomic E-state index is 14.8. The number of fused-ring (bicyclic) bond motifs is 9. The van der Waals surface area contributed by atoms with Crippen molar-refractivity contribution < 1.29 is 50.1 Å². The van der Waals surface area contributed by atoms with Crippen molar-refractivity contribution in [3.8, 4) is 11.5 Å². The SMILES string of the molecule is CC(C)(C)S(=O)(=O)/N=C1CCC(c2ccc3c(c2)OCC2OC2N2CCCC(=N\S(C)(=O)=O)/C2=C/O[C@@H]2CCC3CC2=O)N2C(=O)COc3ccccc3C3CCC(CC3)O\C=C\12. The summed E-state index contributed by atoms with van der Waals surface area (Å²) in [6, 6.07) is 13.1. The molecule has 4 unspecified atom stereocenters. The van der Waals surface area contributed by atoms with E-state index in [9.17, 15) is 26.4 Å². The lowest BCUT2D eigenvalue weighted by molar-refractivity contribution is -0.134. The highest BCUT2D eigenvalue weighted by Gasteiger charge is 2.48. The van der Waals surface area contributed by atoms with Crippen molar-refractivity contribution in [2.45, 2.75) is 139 Å². The number of sulfonamides is 2. The minimum absolute atomic E-state index is 0.0744. The fourth-order valence-corrected chi connectivity index (χ4v) is 11.1. The Hall–Kier alpha value is -4.74. The van der Waals surface area contributed by atoms with Gasteiger partial charge in [0.1, 0.15) is 42.4 Å². The molecule has 11 rings (SSSR count). The number of epoxide rings is 1. The first kappa shape index (κ1) is 43.5. The van der Waals surface area contributed by atoms with Gasteiger partial charge in [0.05, 0.1) is 40.3 Å². The average Bonchev–Trinajstić information content (AvgIpc) is 4.02. The zero-order chi connectivity index (χ0) is 44.3. The normalized spacial score (nSPS) is 32.1. The number of hydrogen-bond acceptors (Lipinski definition) is 12. The van der Waals surface area contributed by atoms with E-state index in [1.54, 1.807) is 31.9 Å². The number of ketones is 1. The number of benzene rings is 2. The number of para-hydroxylation sites is 1. The second kappa shape index (κ2) is 17.0. The quantitative estimate of drug-likeness (QED) is 0.303. The Kier molecular flexibility index (Phi) is 11.7. The van der Waals surface area contributed by atoms with Gasteiger partial charge in [-0.3, -0.25) is 14.5 Å². The van der Waals surface area contributed by atoms with Gasteiger partial charge < -0.3 is 28.6 Å². The molecule has 0 aromatic heterocycles. The van der Waals surface area contributed by atoms with Gasteiger partial charge in [-0.1, -0.05) is 30.3 Å². The van der Waals surface area contributed by atoms with Gasteiger partial charge in [0.15, 0.2) is 24.7 Å². The van der Waals surface area contributed by atoms with E-state index >= 15 is 0 Å². The largest absolute Gasteiger partial charge is 0.496 e. The molecule has 15 nitrogen and oxygen atoms in total. The number of ether oxygens (including phenoxy) is 5. The molecule has 2 aromatic carbocycles. The number of hydrogen-bond donors (Lipinski definition) is 0. The zero-order valence-corrected chi connectivity index (χ0v) is 37.9. The Morgan fingerprint density at radius 1 is 0.762 bits per heavy atom. The predicted octanol–water partition coefficient (Wildman–Crippen LogP) is 6.57. The van der Waals surface area contributed by atoms with E-state index in [0.717, 1.165) is 48.6 Å². The summed E-state index contributed by atoms with van der Waals surface area (Å²) in [5.41, 5.74) is 4.05. The van der Waals surface area contributed by atoms with Crippen molar-refractivity contribution in [2.24, 2.45) is 8.80 Å². The summed E-state index contributed by atoms with van der Waals surface area (Å²) in [4.78, 5) is 32.0. The molecule has 338 valence electrons. The molecule has 17 heteroatoms. The Morgan fingerprint density at radius 3 is 2.25 bits per heavy atom. The van der Waals surface area contributed by atoms with Crippen molar-refractivity contribution in [1.29, 1.82) is 0 Å². The van der Waals surface area contributed by atoms with Crippen LogP contribution in [0.25, 0.3) is 0 Å². The standard InChI is InChI=1S/C46H56N4O11S2/c1-46(2,3)63(55,56)48-35-18-19-36(50-38(35)25-57-31-15-11-28(12-16-31)32-8-5-6-10-40(32)60-27-44(50)52)30-13-17-33-29-14-20-41(39(51)22-29)58-24-37-34(47-62(4,53)54)9-7-21-49(37)45-43(61-45)26-59-42(33)23-30/h5-6,8,10,13,17,23-25,28-29,31,36,41,43,45H,7,9,11-12,14-16,18-22,26-27H2,1-4H3/b37-24-,38-25-,47-34+,48-35+/t28?,29?,31?,36?,41-,43?,45?/m1/s1. The van der Waals surface area contributed by atoms with Crippen LogP contribution >= 0.6 is 0 Å². The molecule has 1 amide bonds. The van der Waals surface area contributed by atoms with E-state index in [0.29, 0.717) is 61.6 Å². The predicted molar refractivity (Wildman–Crippen MR) is 234 cm³/mol. The van der Waals surface area contributed by atoms with E-state index in [2.05, 4.69) is 14.9 Å². The third-order valence-corrected chi connectivity index (χ3v) is 15.9. The summed E-state index contributed by atoms with van der Waals surface area (Å²) < 4.78 is 90.9. The molecular weight excluding hydrogens is 849 g/mol. The highest BCUT2D eigenvalue weighted by Crippen LogP contribution is 2.45. The summed E-state index contributed by atoms with van der Waals surface area (Å²) in [6.07, 6.45) is 8.75. The van der Waals surface area contributed by atoms with E-state index in [1.807, 2.05) is 41.3 Å². The van der Waals surface area contributed by atoms with Crippen LogP contribution in [0, 0.1) is 0 Å². The molecule has 4 bridgehead atoms. The van der Waals surface area contributed by atoms with Crippen LogP contribution in [-0.2, 0) is 43.8 Å². The van der Waals surface area contributed by atoms with Crippen molar-refractivity contribution in [3.05, 3.63) is 83.1 Å². The van der Waals surface area contributed by atoms with Gasteiger partial charge in [0, 0.05) is 13.0 Å². The Morgan fingerprint density at radius 2 is 1.49 bits per heavy atom. The van der Waals surface area contributed by atoms with Gasteiger partial charge in [-0.05, 0) is 126 Å². The molecule has 7 heterocycles. The van der Waals surface area contributed by atoms with Gasteiger partial charge in [-0.25, -0.2) is 16.8 Å². The van der Waals surface area contributed by atoms with Gasteiger partial charge in [0.25, 0.3) is 26.0 Å². The molecule has 5 atom stereocenters. The van der Waals surface area contributed by atoms with Crippen LogP contribution in [0.4, 0.5) is 0 Å². The Balaban J connectivity index is 1.09. The average molecular weight is 905 g/mol. The highest BCUT2D eigenvalue weighted by molar-refractivity contribution is 7.91. The minimum atomic E-state index is -4.01. The van der Waals surface area contributed by atoms with Crippen molar-refractivity contribution in [2.75, 3.05) is 26.0 Å². The molecule has 5 fully saturated rings. The van der Waals surface area contributed by atoms with Crippen molar-refractivity contribution in [1.82, 2.24) is 9.80 Å². The van der Waals surface area contributed by atoms with Crippen LogP contribution in [0.1, 0.15) is 126 Å². The number of nitrogens with zero attached hydrogens (tertiary/aromatic N) is 4. The maximum Gasteiger partial charge on any atom is 0.265 e. The molecule has 2 saturated carbocycles. The molecule has 2 aromatic rings. The minimum Gasteiger partial charge on any atom is -0.496 e. The third kappa shape index (κ3) is 9.15. The molecule has 9 aliphatic rings. The van der Waals surface area contributed by atoms with Crippen LogP contribution < -0.4 is 9.47 Å². The molecule has 63 heavy (non-hydrogen) atoms. The number of Topliss-reactive ketones (excluding diaryl/α,β-unsaturated/α-hetero) is 1. The third-order valence-electron chi connectivity index (χ3n) is 13.3. The maximum atomic E-state index is 14.8. The van der Waals surface area contributed by atoms with Crippen LogP contribution in [0.2, 0.25) is 0 Å². The van der Waals surface area contributed by atoms with E-state index < -0.39 is 43.2 Å². The van der Waals surface area contributed by atoms with Gasteiger partial charge in [-0.2, -0.15) is 8.80 Å². The molecule has 2 aliphatic carbocycles. The van der Waals surface area contributed by atoms with E-state index in [-0.39, 0.29) is 73.2 Å². The first-order valence-corrected chi connectivity index (χ1v) is 25.4. The zero-order valence-electron chi connectivity index (χ0n) is 36.2. The Labute approximate surface area is 369 Å². The fraction of sp³-hybridized carbons (Fsp3) is 0.565. The van der Waals surface area contributed by atoms with Crippen LogP contribution in [0.15, 0.2) is 75.2 Å². The van der Waals surface area contributed by atoms with E-state index in [4.69, 9.17) is 23.7 Å². The second-order valence-electron chi connectivity index (χ2n) is 18.7. The summed E-state index contributed by atoms with van der Waals surface area (Å²) in [6.45, 7) is 5.23. The lowest BCUT2D eigenvalue weighted by Crippen LogP contribution is -2.44. The van der Waals surface area contributed by atoms with Gasteiger partial charge >= 0.3 is 0 Å². The molecule has 7 aliphatic heterocycles. The fourth-order valence-electron chi connectivity index (χ4n) is 9.78. The summed E-state index contributed by atoms with van der Waals surface area (Å²) in [5.74, 6) is 0.830. The van der Waals surface area contributed by atoms with Crippen molar-refractivity contribution >= 4 is 43.2 Å². The number of rotatable bonds is 3. The number of carbonyl (C=O) groups excluding carboxylic acids is 2.